The van der Waals surface area contributed by atoms with Crippen LogP contribution in [-0.4, -0.2) is 32.2 Å². The molecule has 0 radical (unpaired) electrons. The molecule has 0 N–H and O–H groups in total. The molecular weight excluding hydrogens is 376 g/mol. The highest BCUT2D eigenvalue weighted by molar-refractivity contribution is 8.18. The van der Waals surface area contributed by atoms with Gasteiger partial charge >= 0.3 is 0 Å². The van der Waals surface area contributed by atoms with Crippen LogP contribution in [-0.2, 0) is 4.79 Å². The van der Waals surface area contributed by atoms with Gasteiger partial charge in [-0.3, -0.25) is 9.69 Å². The summed E-state index contributed by atoms with van der Waals surface area (Å²) in [6.07, 6.45) is 7.63. The molecule has 27 heavy (non-hydrogen) atoms. The molecule has 140 valence electrons. The molecule has 1 aliphatic heterocycles. The Morgan fingerprint density at radius 2 is 1.85 bits per heavy atom. The van der Waals surface area contributed by atoms with Crippen molar-refractivity contribution in [1.82, 2.24) is 15.1 Å². The predicted molar refractivity (Wildman–Crippen MR) is 112 cm³/mol. The van der Waals surface area contributed by atoms with E-state index >= 15 is 0 Å². The van der Waals surface area contributed by atoms with E-state index in [1.807, 2.05) is 30.0 Å². The predicted octanol–water partition coefficient (Wildman–Crippen LogP) is 5.09. The number of carbonyl (C=O) groups is 1. The maximum atomic E-state index is 13.2. The van der Waals surface area contributed by atoms with Crippen LogP contribution >= 0.6 is 23.1 Å². The number of nitrogens with zero attached hydrogens (tertiary/aromatic N) is 4. The van der Waals surface area contributed by atoms with Crippen LogP contribution in [0.3, 0.4) is 0 Å². The largest absolute Gasteiger partial charge is 0.283 e. The molecule has 1 amide bonds. The molecule has 1 aromatic heterocycles. The first-order valence-corrected chi connectivity index (χ1v) is 10.9. The standard InChI is InChI=1S/C20H22N4OS2/c1-13-8-10-15(11-9-13)12-17-18(25)24(16-6-4-3-5-7-16)20(27-17)21-19-23-22-14(2)26-19/h8-12,16H,3-7H2,1-2H3/b17-12-,21-20+. The number of aliphatic imine (C=N–C) groups is 1. The Bertz CT molecular complexity index is 895. The first-order chi connectivity index (χ1) is 13.1. The molecule has 0 atom stereocenters. The number of carbonyl (C=O) groups excluding carboxylic acids is 1. The van der Waals surface area contributed by atoms with Crippen molar-refractivity contribution < 1.29 is 4.79 Å². The van der Waals surface area contributed by atoms with Crippen molar-refractivity contribution in [3.05, 3.63) is 45.3 Å². The highest BCUT2D eigenvalue weighted by Gasteiger charge is 2.38. The highest BCUT2D eigenvalue weighted by Crippen LogP contribution is 2.38. The van der Waals surface area contributed by atoms with Crippen LogP contribution in [0, 0.1) is 13.8 Å². The smallest absolute Gasteiger partial charge is 0.267 e. The lowest BCUT2D eigenvalue weighted by atomic mass is 9.94. The number of amides is 1. The highest BCUT2D eigenvalue weighted by atomic mass is 32.2. The number of amidine groups is 1. The van der Waals surface area contributed by atoms with Gasteiger partial charge in [-0.1, -0.05) is 60.4 Å². The zero-order valence-electron chi connectivity index (χ0n) is 15.5. The topological polar surface area (TPSA) is 58.5 Å². The Labute approximate surface area is 167 Å². The summed E-state index contributed by atoms with van der Waals surface area (Å²) in [6.45, 7) is 3.97. The second-order valence-corrected chi connectivity index (χ2v) is 9.16. The molecule has 4 rings (SSSR count). The Hall–Kier alpha value is -1.99. The summed E-state index contributed by atoms with van der Waals surface area (Å²) in [5, 5.41) is 10.4. The Morgan fingerprint density at radius 3 is 2.52 bits per heavy atom. The van der Waals surface area contributed by atoms with Gasteiger partial charge in [0.25, 0.3) is 5.91 Å². The Kier molecular flexibility index (Phi) is 5.41. The van der Waals surface area contributed by atoms with E-state index in [-0.39, 0.29) is 11.9 Å². The quantitative estimate of drug-likeness (QED) is 0.676. The number of benzene rings is 1. The molecule has 2 heterocycles. The number of aryl methyl sites for hydroxylation is 2. The summed E-state index contributed by atoms with van der Waals surface area (Å²) in [4.78, 5) is 20.5. The lowest BCUT2D eigenvalue weighted by molar-refractivity contribution is -0.124. The number of thioether (sulfide) groups is 1. The van der Waals surface area contributed by atoms with Gasteiger partial charge in [0, 0.05) is 6.04 Å². The zero-order valence-corrected chi connectivity index (χ0v) is 17.1. The molecular formula is C20H22N4OS2. The van der Waals surface area contributed by atoms with Crippen LogP contribution in [0.25, 0.3) is 6.08 Å². The number of rotatable bonds is 3. The van der Waals surface area contributed by atoms with Crippen molar-refractivity contribution >= 4 is 45.4 Å². The molecule has 1 saturated carbocycles. The zero-order chi connectivity index (χ0) is 18.8. The summed E-state index contributed by atoms with van der Waals surface area (Å²) >= 11 is 2.90. The molecule has 2 aromatic rings. The van der Waals surface area contributed by atoms with Gasteiger partial charge in [0.15, 0.2) is 5.17 Å². The summed E-state index contributed by atoms with van der Waals surface area (Å²) in [5.74, 6) is 0.0625. The number of hydrogen-bond acceptors (Lipinski definition) is 6. The van der Waals surface area contributed by atoms with Crippen LogP contribution in [0.2, 0.25) is 0 Å². The minimum atomic E-state index is 0.0625. The van der Waals surface area contributed by atoms with Gasteiger partial charge in [-0.2, -0.15) is 4.99 Å². The maximum Gasteiger partial charge on any atom is 0.267 e. The lowest BCUT2D eigenvalue weighted by Gasteiger charge is -2.30. The average Bonchev–Trinajstić information content (AvgIpc) is 3.21. The van der Waals surface area contributed by atoms with Crippen LogP contribution in [0.4, 0.5) is 5.13 Å². The monoisotopic (exact) mass is 398 g/mol. The van der Waals surface area contributed by atoms with Crippen LogP contribution < -0.4 is 0 Å². The van der Waals surface area contributed by atoms with E-state index in [9.17, 15) is 4.79 Å². The van der Waals surface area contributed by atoms with Gasteiger partial charge in [0.05, 0.1) is 4.91 Å². The van der Waals surface area contributed by atoms with Crippen molar-refractivity contribution in [2.24, 2.45) is 4.99 Å². The molecule has 0 unspecified atom stereocenters. The molecule has 0 spiro atoms. The van der Waals surface area contributed by atoms with Crippen LogP contribution in [0.1, 0.15) is 48.2 Å². The lowest BCUT2D eigenvalue weighted by Crippen LogP contribution is -2.40. The third-order valence-corrected chi connectivity index (χ3v) is 6.57. The van der Waals surface area contributed by atoms with Gasteiger partial charge in [0.1, 0.15) is 5.01 Å². The second-order valence-electron chi connectivity index (χ2n) is 6.99. The van der Waals surface area contributed by atoms with Gasteiger partial charge in [-0.05, 0) is 50.1 Å². The summed E-state index contributed by atoms with van der Waals surface area (Å²) in [7, 11) is 0. The third kappa shape index (κ3) is 4.14. The molecule has 0 bridgehead atoms. The molecule has 1 aliphatic carbocycles. The number of aromatic nitrogens is 2. The summed E-state index contributed by atoms with van der Waals surface area (Å²) < 4.78 is 0. The maximum absolute atomic E-state index is 13.2. The molecule has 1 aromatic carbocycles. The van der Waals surface area contributed by atoms with E-state index < -0.39 is 0 Å². The van der Waals surface area contributed by atoms with Crippen LogP contribution in [0.15, 0.2) is 34.2 Å². The van der Waals surface area contributed by atoms with Crippen molar-refractivity contribution in [3.8, 4) is 0 Å². The van der Waals surface area contributed by atoms with Crippen molar-refractivity contribution in [1.29, 1.82) is 0 Å². The molecule has 2 aliphatic rings. The Balaban J connectivity index is 1.68. The molecule has 5 nitrogen and oxygen atoms in total. The third-order valence-electron chi connectivity index (χ3n) is 4.86. The second kappa shape index (κ2) is 7.94. The SMILES string of the molecule is Cc1ccc(/C=C2\S/C(=N/c3nnc(C)s3)N(C3CCCCC3)C2=O)cc1. The van der Waals surface area contributed by atoms with Crippen molar-refractivity contribution in [2.75, 3.05) is 0 Å². The summed E-state index contributed by atoms with van der Waals surface area (Å²) in [6, 6.07) is 8.45. The molecule has 7 heteroatoms. The van der Waals surface area contributed by atoms with E-state index in [4.69, 9.17) is 0 Å². The van der Waals surface area contributed by atoms with E-state index in [0.29, 0.717) is 5.13 Å². The normalized spacial score (nSPS) is 21.6. The van der Waals surface area contributed by atoms with E-state index in [1.54, 1.807) is 0 Å². The fourth-order valence-corrected chi connectivity index (χ4v) is 5.11. The van der Waals surface area contributed by atoms with E-state index in [1.165, 1.54) is 47.9 Å². The van der Waals surface area contributed by atoms with E-state index in [2.05, 4.69) is 34.2 Å². The minimum Gasteiger partial charge on any atom is -0.283 e. The fourth-order valence-electron chi connectivity index (χ4n) is 3.45. The first-order valence-electron chi connectivity index (χ1n) is 9.29. The van der Waals surface area contributed by atoms with Gasteiger partial charge in [0.2, 0.25) is 5.13 Å². The minimum absolute atomic E-state index is 0.0625. The van der Waals surface area contributed by atoms with E-state index in [0.717, 1.165) is 33.5 Å². The van der Waals surface area contributed by atoms with Crippen LogP contribution in [0.5, 0.6) is 0 Å². The number of hydrogen-bond donors (Lipinski definition) is 0. The average molecular weight is 399 g/mol. The Morgan fingerprint density at radius 1 is 1.11 bits per heavy atom. The van der Waals surface area contributed by atoms with Gasteiger partial charge in [-0.25, -0.2) is 0 Å². The van der Waals surface area contributed by atoms with Gasteiger partial charge in [-0.15, -0.1) is 10.2 Å². The first kappa shape index (κ1) is 18.4. The summed E-state index contributed by atoms with van der Waals surface area (Å²) in [5.41, 5.74) is 2.24. The van der Waals surface area contributed by atoms with Crippen molar-refractivity contribution in [3.63, 3.8) is 0 Å². The van der Waals surface area contributed by atoms with Crippen molar-refractivity contribution in [2.45, 2.75) is 52.0 Å². The fraction of sp³-hybridized carbons (Fsp3) is 0.400. The van der Waals surface area contributed by atoms with Gasteiger partial charge < -0.3 is 0 Å². The molecule has 1 saturated heterocycles. The molecule has 2 fully saturated rings.